The van der Waals surface area contributed by atoms with Gasteiger partial charge in [0.2, 0.25) is 0 Å². The molecule has 0 unspecified atom stereocenters. The van der Waals surface area contributed by atoms with E-state index < -0.39 is 17.5 Å². The molecule has 0 spiro atoms. The van der Waals surface area contributed by atoms with Crippen molar-refractivity contribution in [2.45, 2.75) is 75.5 Å². The highest BCUT2D eigenvalue weighted by Crippen LogP contribution is 2.42. The molecule has 14 heteroatoms. The highest BCUT2D eigenvalue weighted by atomic mass is 35.5. The van der Waals surface area contributed by atoms with Crippen molar-refractivity contribution in [1.29, 1.82) is 0 Å². The second-order valence-electron chi connectivity index (χ2n) is 13.5. The molecule has 10 rings (SSSR count). The molecule has 3 atom stereocenters. The molecule has 0 aliphatic carbocycles. The van der Waals surface area contributed by atoms with Crippen LogP contribution < -0.4 is 9.64 Å². The molecule has 244 valence electrons. The summed E-state index contributed by atoms with van der Waals surface area (Å²) < 4.78 is 38.0. The van der Waals surface area contributed by atoms with E-state index in [-0.39, 0.29) is 29.7 Å². The molecule has 3 fully saturated rings. The van der Waals surface area contributed by atoms with Crippen molar-refractivity contribution in [2.75, 3.05) is 37.7 Å². The number of aryl methyl sites for hydroxylation is 1. The lowest BCUT2D eigenvalue weighted by Crippen LogP contribution is -2.43. The largest absolute Gasteiger partial charge is 0.461 e. The van der Waals surface area contributed by atoms with Crippen LogP contribution in [0.4, 0.5) is 14.6 Å². The maximum Gasteiger partial charge on any atom is 0.319 e. The third-order valence-corrected chi connectivity index (χ3v) is 11.0. The van der Waals surface area contributed by atoms with Crippen molar-refractivity contribution < 1.29 is 13.5 Å². The van der Waals surface area contributed by atoms with Gasteiger partial charge >= 0.3 is 6.01 Å². The summed E-state index contributed by atoms with van der Waals surface area (Å²) in [6.07, 6.45) is 10.8. The molecule has 11 nitrogen and oxygen atoms in total. The van der Waals surface area contributed by atoms with Crippen molar-refractivity contribution >= 4 is 39.2 Å². The predicted octanol–water partition coefficient (Wildman–Crippen LogP) is 5.63. The van der Waals surface area contributed by atoms with Crippen molar-refractivity contribution in [3.8, 4) is 17.3 Å². The monoisotopic (exact) mass is 660 g/mol. The number of nitrogens with zero attached hydrogens (tertiary/aromatic N) is 9. The fourth-order valence-electron chi connectivity index (χ4n) is 8.34. The Hall–Kier alpha value is -3.97. The average Bonchev–Trinajstić information content (AvgIpc) is 3.82. The standard InChI is InChI=1S/C33H35ClF2N10O/c34-24-11-25-22(14-38-42-25)27-21(24)6-3-10-46-39-15-26(43-46)19-5-1-2-8-44(16-19)31-23-13-37-30(27)28(36)29(23)40-32(41-31)47-18-33-7-4-9-45(33)17-20(35)12-33/h11,13-15,19-20H,1-10,12,16-18H2,(H,38,42)/t19-,20-,33+/m1/s1. The molecule has 8 bridgehead atoms. The second kappa shape index (κ2) is 11.3. The molecule has 0 amide bonds. The summed E-state index contributed by atoms with van der Waals surface area (Å²) in [5.74, 6) is 0.133. The van der Waals surface area contributed by atoms with Crippen LogP contribution in [-0.2, 0) is 13.0 Å². The van der Waals surface area contributed by atoms with Crippen molar-refractivity contribution in [3.63, 3.8) is 0 Å². The van der Waals surface area contributed by atoms with Crippen LogP contribution in [0.2, 0.25) is 5.02 Å². The second-order valence-corrected chi connectivity index (χ2v) is 13.9. The molecular weight excluding hydrogens is 626 g/mol. The van der Waals surface area contributed by atoms with Gasteiger partial charge in [-0.05, 0) is 56.7 Å². The van der Waals surface area contributed by atoms with Crippen LogP contribution in [0.5, 0.6) is 6.01 Å². The molecule has 0 saturated carbocycles. The summed E-state index contributed by atoms with van der Waals surface area (Å²) in [5.41, 5.74) is 2.87. The summed E-state index contributed by atoms with van der Waals surface area (Å²) in [6.45, 7) is 3.48. The van der Waals surface area contributed by atoms with Crippen molar-refractivity contribution in [3.05, 3.63) is 46.8 Å². The number of halogens is 3. The zero-order valence-corrected chi connectivity index (χ0v) is 26.7. The van der Waals surface area contributed by atoms with Gasteiger partial charge in [-0.2, -0.15) is 30.1 Å². The Kier molecular flexibility index (Phi) is 7.04. The summed E-state index contributed by atoms with van der Waals surface area (Å²) in [7, 11) is 0. The SMILES string of the molecule is Fc1c2ncc3c(nc(OC[C@@]45CCCN4C[C@H](F)C5)nc13)N1CCCC[C@H](C1)c1cnn(n1)CCCc1c(Cl)cc3[nH]ncc3c1-2. The minimum absolute atomic E-state index is 0.0831. The van der Waals surface area contributed by atoms with Crippen LogP contribution in [0.25, 0.3) is 33.1 Å². The zero-order chi connectivity index (χ0) is 31.7. The van der Waals surface area contributed by atoms with Gasteiger partial charge in [0.05, 0.1) is 41.1 Å². The van der Waals surface area contributed by atoms with Crippen LogP contribution in [0.15, 0.2) is 24.7 Å². The van der Waals surface area contributed by atoms with Gasteiger partial charge in [0.15, 0.2) is 5.82 Å². The van der Waals surface area contributed by atoms with E-state index in [9.17, 15) is 4.39 Å². The summed E-state index contributed by atoms with van der Waals surface area (Å²) in [5, 5.41) is 18.4. The Morgan fingerprint density at radius 1 is 1.04 bits per heavy atom. The molecule has 4 aromatic heterocycles. The molecule has 3 saturated heterocycles. The number of ether oxygens (including phenoxy) is 1. The van der Waals surface area contributed by atoms with E-state index in [0.717, 1.165) is 61.8 Å². The molecule has 0 radical (unpaired) electrons. The fraction of sp³-hybridized carbons (Fsp3) is 0.515. The Labute approximate surface area is 274 Å². The van der Waals surface area contributed by atoms with E-state index >= 15 is 4.39 Å². The number of aromatic amines is 1. The van der Waals surface area contributed by atoms with Crippen molar-refractivity contribution in [1.82, 2.24) is 45.0 Å². The maximum absolute atomic E-state index is 17.1. The lowest BCUT2D eigenvalue weighted by atomic mass is 9.95. The third-order valence-electron chi connectivity index (χ3n) is 10.6. The van der Waals surface area contributed by atoms with Gasteiger partial charge in [-0.25, -0.2) is 8.78 Å². The Balaban J connectivity index is 1.23. The number of hydrogen-bond donors (Lipinski definition) is 1. The first-order valence-electron chi connectivity index (χ1n) is 16.6. The van der Waals surface area contributed by atoms with E-state index in [2.05, 4.69) is 25.1 Å². The van der Waals surface area contributed by atoms with Crippen LogP contribution in [-0.4, -0.2) is 89.5 Å². The molecule has 5 aliphatic rings. The number of anilines is 1. The Morgan fingerprint density at radius 2 is 1.98 bits per heavy atom. The highest BCUT2D eigenvalue weighted by Gasteiger charge is 2.49. The highest BCUT2D eigenvalue weighted by molar-refractivity contribution is 6.33. The minimum Gasteiger partial charge on any atom is -0.461 e. The van der Waals surface area contributed by atoms with E-state index in [1.54, 1.807) is 17.2 Å². The van der Waals surface area contributed by atoms with Gasteiger partial charge in [-0.15, -0.1) is 0 Å². The topological polar surface area (TPSA) is 114 Å². The van der Waals surface area contributed by atoms with Crippen LogP contribution >= 0.6 is 11.6 Å². The van der Waals surface area contributed by atoms with Crippen LogP contribution in [0.3, 0.4) is 0 Å². The Bertz CT molecular complexity index is 2000. The van der Waals surface area contributed by atoms with Gasteiger partial charge in [0, 0.05) is 54.1 Å². The van der Waals surface area contributed by atoms with Gasteiger partial charge in [-0.3, -0.25) is 15.0 Å². The normalized spacial score (nSPS) is 24.7. The van der Waals surface area contributed by atoms with Gasteiger partial charge in [0.1, 0.15) is 29.8 Å². The minimum atomic E-state index is -0.886. The van der Waals surface area contributed by atoms with Gasteiger partial charge in [-0.1, -0.05) is 18.0 Å². The molecule has 1 aromatic carbocycles. The fourth-order valence-corrected chi connectivity index (χ4v) is 8.64. The first-order valence-corrected chi connectivity index (χ1v) is 17.0. The maximum atomic E-state index is 17.1. The zero-order valence-electron chi connectivity index (χ0n) is 25.9. The number of alkyl halides is 1. The molecular formula is C33H35ClF2N10O. The first kappa shape index (κ1) is 29.2. The smallest absolute Gasteiger partial charge is 0.319 e. The summed E-state index contributed by atoms with van der Waals surface area (Å²) >= 11 is 6.87. The molecule has 1 N–H and O–H groups in total. The summed E-state index contributed by atoms with van der Waals surface area (Å²) in [6, 6.07) is 1.91. The molecule has 9 heterocycles. The Morgan fingerprint density at radius 3 is 2.91 bits per heavy atom. The number of pyridine rings is 1. The average molecular weight is 661 g/mol. The quantitative estimate of drug-likeness (QED) is 0.263. The first-order chi connectivity index (χ1) is 23.0. The van der Waals surface area contributed by atoms with E-state index in [4.69, 9.17) is 36.4 Å². The number of nitrogens with one attached hydrogen (secondary N) is 1. The lowest BCUT2D eigenvalue weighted by Gasteiger charge is -2.31. The van der Waals surface area contributed by atoms with E-state index in [1.807, 2.05) is 12.3 Å². The van der Waals surface area contributed by atoms with Crippen LogP contribution in [0.1, 0.15) is 62.1 Å². The van der Waals surface area contributed by atoms with Crippen molar-refractivity contribution in [2.24, 2.45) is 0 Å². The number of aromatic nitrogens is 8. The van der Waals surface area contributed by atoms with Crippen LogP contribution in [0, 0.1) is 5.82 Å². The summed E-state index contributed by atoms with van der Waals surface area (Å²) in [4.78, 5) is 20.5. The third kappa shape index (κ3) is 4.92. The number of rotatable bonds is 3. The number of fused-ring (bicyclic) bond motifs is 5. The lowest BCUT2D eigenvalue weighted by molar-refractivity contribution is 0.107. The number of H-pyrrole nitrogens is 1. The number of hydrogen-bond acceptors (Lipinski definition) is 9. The molecule has 5 aliphatic heterocycles. The molecule has 47 heavy (non-hydrogen) atoms. The van der Waals surface area contributed by atoms with Gasteiger partial charge < -0.3 is 9.64 Å². The van der Waals surface area contributed by atoms with Gasteiger partial charge in [0.25, 0.3) is 0 Å². The van der Waals surface area contributed by atoms with E-state index in [1.165, 1.54) is 0 Å². The molecule has 5 aromatic rings. The van der Waals surface area contributed by atoms with E-state index in [0.29, 0.717) is 66.2 Å². The number of benzene rings is 1. The predicted molar refractivity (Wildman–Crippen MR) is 173 cm³/mol.